The van der Waals surface area contributed by atoms with E-state index < -0.39 is 21.5 Å². The third kappa shape index (κ3) is 3.04. The second-order valence-electron chi connectivity index (χ2n) is 7.47. The number of rotatable bonds is 5. The summed E-state index contributed by atoms with van der Waals surface area (Å²) in [6, 6.07) is 16.0. The lowest BCUT2D eigenvalue weighted by Crippen LogP contribution is -2.33. The first kappa shape index (κ1) is 18.8. The van der Waals surface area contributed by atoms with Gasteiger partial charge in [0.25, 0.3) is 10.0 Å². The molecular formula is C21H22N2O4S. The number of carbonyl (C=O) groups is 1. The zero-order chi connectivity index (χ0) is 20.1. The number of sulfonamides is 1. The van der Waals surface area contributed by atoms with Crippen molar-refractivity contribution in [2.45, 2.75) is 43.3 Å². The van der Waals surface area contributed by atoms with Crippen molar-refractivity contribution in [2.24, 2.45) is 5.10 Å². The van der Waals surface area contributed by atoms with Crippen LogP contribution in [0.3, 0.4) is 0 Å². The molecule has 0 N–H and O–H groups in total. The Morgan fingerprint density at radius 3 is 2.32 bits per heavy atom. The average molecular weight is 398 g/mol. The molecule has 3 atom stereocenters. The second kappa shape index (κ2) is 6.53. The fourth-order valence-corrected chi connectivity index (χ4v) is 4.70. The molecule has 146 valence electrons. The summed E-state index contributed by atoms with van der Waals surface area (Å²) in [6.07, 6.45) is -0.207. The van der Waals surface area contributed by atoms with Crippen LogP contribution in [0.25, 0.3) is 0 Å². The Hall–Kier alpha value is -2.51. The van der Waals surface area contributed by atoms with Crippen molar-refractivity contribution in [3.05, 3.63) is 65.7 Å². The van der Waals surface area contributed by atoms with Gasteiger partial charge in [0.1, 0.15) is 5.71 Å². The minimum atomic E-state index is -3.85. The number of Topliss-reactive ketones (excluding diaryl/α,β-unsaturated/α-hetero) is 1. The first-order chi connectivity index (χ1) is 13.2. The van der Waals surface area contributed by atoms with Gasteiger partial charge < -0.3 is 4.74 Å². The molecule has 1 saturated heterocycles. The number of benzene rings is 2. The maximum Gasteiger partial charge on any atom is 0.279 e. The highest BCUT2D eigenvalue weighted by molar-refractivity contribution is 7.89. The van der Waals surface area contributed by atoms with Gasteiger partial charge in [-0.05, 0) is 38.5 Å². The van der Waals surface area contributed by atoms with E-state index in [0.717, 1.165) is 15.5 Å². The van der Waals surface area contributed by atoms with E-state index in [4.69, 9.17) is 4.74 Å². The molecular weight excluding hydrogens is 376 g/mol. The number of nitrogens with zero attached hydrogens (tertiary/aromatic N) is 2. The monoisotopic (exact) mass is 398 g/mol. The number of hydrogen-bond acceptors (Lipinski definition) is 5. The molecule has 0 aliphatic carbocycles. The van der Waals surface area contributed by atoms with Gasteiger partial charge in [-0.15, -0.1) is 0 Å². The molecule has 28 heavy (non-hydrogen) atoms. The van der Waals surface area contributed by atoms with Gasteiger partial charge >= 0.3 is 0 Å². The predicted octanol–water partition coefficient (Wildman–Crippen LogP) is 2.89. The van der Waals surface area contributed by atoms with E-state index in [9.17, 15) is 13.2 Å². The van der Waals surface area contributed by atoms with Crippen LogP contribution in [0.4, 0.5) is 0 Å². The fraction of sp³-hybridized carbons (Fsp3) is 0.333. The highest BCUT2D eigenvalue weighted by atomic mass is 32.2. The van der Waals surface area contributed by atoms with Crippen LogP contribution in [0.5, 0.6) is 0 Å². The standard InChI is InChI=1S/C21H22N2O4S/c1-14-9-11-17(12-10-14)28(25,26)23-13-18(16-7-5-4-6-8-16)19(22-23)20(24)21(3)15(2)27-21/h4-12,15,18H,13H2,1-3H3/t15-,18-,21-/m0/s1. The Balaban J connectivity index is 1.74. The molecule has 0 aromatic heterocycles. The van der Waals surface area contributed by atoms with Crippen LogP contribution in [0.15, 0.2) is 64.6 Å². The molecule has 4 rings (SSSR count). The van der Waals surface area contributed by atoms with Gasteiger partial charge in [-0.3, -0.25) is 4.79 Å². The lowest BCUT2D eigenvalue weighted by atomic mass is 9.87. The summed E-state index contributed by atoms with van der Waals surface area (Å²) < 4.78 is 32.7. The maximum absolute atomic E-state index is 13.1. The Kier molecular flexibility index (Phi) is 4.39. The lowest BCUT2D eigenvalue weighted by Gasteiger charge is -2.17. The Bertz CT molecular complexity index is 1050. The Morgan fingerprint density at radius 2 is 1.75 bits per heavy atom. The number of epoxide rings is 1. The molecule has 0 amide bonds. The van der Waals surface area contributed by atoms with Gasteiger partial charge in [0.05, 0.1) is 23.5 Å². The molecule has 0 saturated carbocycles. The van der Waals surface area contributed by atoms with Gasteiger partial charge in [-0.2, -0.15) is 17.9 Å². The molecule has 1 fully saturated rings. The number of hydrazone groups is 1. The largest absolute Gasteiger partial charge is 0.358 e. The highest BCUT2D eigenvalue weighted by Gasteiger charge is 2.58. The zero-order valence-electron chi connectivity index (χ0n) is 16.0. The van der Waals surface area contributed by atoms with E-state index in [1.807, 2.05) is 44.2 Å². The first-order valence-electron chi connectivity index (χ1n) is 9.19. The second-order valence-corrected chi connectivity index (χ2v) is 9.31. The summed E-state index contributed by atoms with van der Waals surface area (Å²) in [5.74, 6) is -0.683. The molecule has 0 spiro atoms. The quantitative estimate of drug-likeness (QED) is 0.726. The molecule has 0 unspecified atom stereocenters. The lowest BCUT2D eigenvalue weighted by molar-refractivity contribution is -0.117. The van der Waals surface area contributed by atoms with E-state index >= 15 is 0 Å². The van der Waals surface area contributed by atoms with Crippen LogP contribution in [-0.4, -0.2) is 42.6 Å². The van der Waals surface area contributed by atoms with Crippen LogP contribution in [0, 0.1) is 6.92 Å². The predicted molar refractivity (Wildman–Crippen MR) is 106 cm³/mol. The number of aryl methyl sites for hydroxylation is 1. The van der Waals surface area contributed by atoms with Crippen LogP contribution in [0.1, 0.15) is 30.9 Å². The Labute approximate surface area is 164 Å². The number of carbonyl (C=O) groups excluding carboxylic acids is 1. The molecule has 7 heteroatoms. The summed E-state index contributed by atoms with van der Waals surface area (Å²) in [7, 11) is -3.85. The van der Waals surface area contributed by atoms with E-state index in [2.05, 4.69) is 5.10 Å². The van der Waals surface area contributed by atoms with Crippen LogP contribution < -0.4 is 0 Å². The van der Waals surface area contributed by atoms with Crippen molar-refractivity contribution in [3.8, 4) is 0 Å². The molecule has 0 radical (unpaired) electrons. The number of hydrogen-bond donors (Lipinski definition) is 0. The SMILES string of the molecule is Cc1ccc(S(=O)(=O)N2C[C@@H](c3ccccc3)C(C(=O)[C@@]3(C)O[C@H]3C)=N2)cc1. The third-order valence-corrected chi connectivity index (χ3v) is 7.16. The van der Waals surface area contributed by atoms with Crippen LogP contribution in [0.2, 0.25) is 0 Å². The first-order valence-corrected chi connectivity index (χ1v) is 10.6. The third-order valence-electron chi connectivity index (χ3n) is 5.51. The van der Waals surface area contributed by atoms with Gasteiger partial charge in [0, 0.05) is 0 Å². The van der Waals surface area contributed by atoms with Crippen molar-refractivity contribution in [2.75, 3.05) is 6.54 Å². The van der Waals surface area contributed by atoms with Crippen molar-refractivity contribution >= 4 is 21.5 Å². The molecule has 6 nitrogen and oxygen atoms in total. The minimum absolute atomic E-state index is 0.0890. The number of ketones is 1. The molecule has 2 aliphatic rings. The smallest absolute Gasteiger partial charge is 0.279 e. The zero-order valence-corrected chi connectivity index (χ0v) is 16.8. The van der Waals surface area contributed by atoms with E-state index in [1.54, 1.807) is 31.2 Å². The number of ether oxygens (including phenoxy) is 1. The Morgan fingerprint density at radius 1 is 1.14 bits per heavy atom. The molecule has 0 bridgehead atoms. The highest BCUT2D eigenvalue weighted by Crippen LogP contribution is 2.40. The molecule has 2 aromatic rings. The maximum atomic E-state index is 13.1. The summed E-state index contributed by atoms with van der Waals surface area (Å²) in [5.41, 5.74) is 1.12. The summed E-state index contributed by atoms with van der Waals surface area (Å²) in [5, 5.41) is 4.29. The van der Waals surface area contributed by atoms with Gasteiger partial charge in [-0.1, -0.05) is 48.0 Å². The van der Waals surface area contributed by atoms with Crippen molar-refractivity contribution in [3.63, 3.8) is 0 Å². The summed E-state index contributed by atoms with van der Waals surface area (Å²) >= 11 is 0. The molecule has 2 aliphatic heterocycles. The van der Waals surface area contributed by atoms with Crippen molar-refractivity contribution in [1.29, 1.82) is 0 Å². The van der Waals surface area contributed by atoms with E-state index in [1.165, 1.54) is 0 Å². The summed E-state index contributed by atoms with van der Waals surface area (Å²) in [4.78, 5) is 13.3. The normalized spacial score (nSPS) is 26.8. The van der Waals surface area contributed by atoms with E-state index in [0.29, 0.717) is 0 Å². The molecule has 2 heterocycles. The van der Waals surface area contributed by atoms with Crippen LogP contribution >= 0.6 is 0 Å². The summed E-state index contributed by atoms with van der Waals surface area (Å²) in [6.45, 7) is 5.53. The van der Waals surface area contributed by atoms with Gasteiger partial charge in [0.15, 0.2) is 5.60 Å². The average Bonchev–Trinajstić information content (AvgIpc) is 3.10. The van der Waals surface area contributed by atoms with Crippen LogP contribution in [-0.2, 0) is 19.6 Å². The van der Waals surface area contributed by atoms with E-state index in [-0.39, 0.29) is 29.0 Å². The van der Waals surface area contributed by atoms with Gasteiger partial charge in [-0.25, -0.2) is 0 Å². The minimum Gasteiger partial charge on any atom is -0.358 e. The molecule has 2 aromatic carbocycles. The van der Waals surface area contributed by atoms with Gasteiger partial charge in [0.2, 0.25) is 5.78 Å². The topological polar surface area (TPSA) is 79.3 Å². The van der Waals surface area contributed by atoms with Crippen molar-refractivity contribution in [1.82, 2.24) is 4.41 Å². The fourth-order valence-electron chi connectivity index (χ4n) is 3.44. The van der Waals surface area contributed by atoms with Crippen molar-refractivity contribution < 1.29 is 17.9 Å².